The molecule has 0 aliphatic carbocycles. The van der Waals surface area contributed by atoms with Gasteiger partial charge in [-0.05, 0) is 64.2 Å². The molecule has 2 fully saturated rings. The minimum atomic E-state index is -0.185. The molecule has 1 aromatic carbocycles. The van der Waals surface area contributed by atoms with Crippen LogP contribution < -0.4 is 9.80 Å². The Morgan fingerprint density at radius 1 is 1.03 bits per heavy atom. The monoisotopic (exact) mass is 402 g/mol. The summed E-state index contributed by atoms with van der Waals surface area (Å²) in [6, 6.07) is 8.32. The van der Waals surface area contributed by atoms with Crippen molar-refractivity contribution in [1.82, 2.24) is 9.80 Å². The van der Waals surface area contributed by atoms with Gasteiger partial charge in [0.15, 0.2) is 0 Å². The third-order valence-corrected chi connectivity index (χ3v) is 6.03. The third-order valence-electron chi connectivity index (χ3n) is 6.03. The second-order valence-corrected chi connectivity index (χ2v) is 8.06. The lowest BCUT2D eigenvalue weighted by Gasteiger charge is -2.34. The summed E-state index contributed by atoms with van der Waals surface area (Å²) in [5.74, 6) is -0.0151. The van der Waals surface area contributed by atoms with Crippen molar-refractivity contribution in [3.05, 3.63) is 24.3 Å². The Kier molecular flexibility index (Phi) is 7.50. The smallest absolute Gasteiger partial charge is 0.320 e. The van der Waals surface area contributed by atoms with Crippen molar-refractivity contribution in [3.8, 4) is 0 Å². The molecule has 1 aromatic rings. The molecule has 160 valence electrons. The number of carbonyl (C=O) groups is 2. The number of likely N-dealkylation sites (tertiary alicyclic amines) is 1. The molecule has 2 aliphatic rings. The minimum absolute atomic E-state index is 0.00996. The van der Waals surface area contributed by atoms with E-state index in [9.17, 15) is 9.59 Å². The molecule has 0 N–H and O–H groups in total. The molecule has 0 unspecified atom stereocenters. The number of likely N-dealkylation sites (N-methyl/N-ethyl adjacent to an activating group) is 1. The molecule has 0 radical (unpaired) electrons. The standard InChI is InChI=1S/C22H34N4O3/c1-4-29-21(27)17-25-11-9-18(10-12-25)22(28)24(3)19-5-7-20(8-6-19)26-15-13-23(2)14-16-26/h5-8,18H,4,9-17H2,1-3H3. The number of piperazine rings is 1. The summed E-state index contributed by atoms with van der Waals surface area (Å²) in [6.07, 6.45) is 1.56. The summed E-state index contributed by atoms with van der Waals surface area (Å²) in [5, 5.41) is 0. The fourth-order valence-electron chi connectivity index (χ4n) is 4.08. The van der Waals surface area contributed by atoms with Crippen molar-refractivity contribution < 1.29 is 14.3 Å². The van der Waals surface area contributed by atoms with Crippen LogP contribution in [0.2, 0.25) is 0 Å². The molecule has 1 amide bonds. The van der Waals surface area contributed by atoms with Gasteiger partial charge in [0, 0.05) is 50.5 Å². The van der Waals surface area contributed by atoms with Crippen LogP contribution in [0.25, 0.3) is 0 Å². The van der Waals surface area contributed by atoms with Gasteiger partial charge >= 0.3 is 5.97 Å². The van der Waals surface area contributed by atoms with Crippen molar-refractivity contribution in [2.75, 3.05) is 76.3 Å². The zero-order valence-electron chi connectivity index (χ0n) is 18.0. The van der Waals surface area contributed by atoms with Gasteiger partial charge in [-0.3, -0.25) is 14.5 Å². The van der Waals surface area contributed by atoms with E-state index in [0.717, 1.165) is 57.8 Å². The van der Waals surface area contributed by atoms with Gasteiger partial charge in [0.05, 0.1) is 13.2 Å². The molecule has 0 atom stereocenters. The van der Waals surface area contributed by atoms with Crippen molar-refractivity contribution in [1.29, 1.82) is 0 Å². The Hall–Kier alpha value is -2.12. The van der Waals surface area contributed by atoms with E-state index in [0.29, 0.717) is 13.2 Å². The first kappa shape index (κ1) is 21.6. The number of carbonyl (C=O) groups excluding carboxylic acids is 2. The number of hydrogen-bond donors (Lipinski definition) is 0. The van der Waals surface area contributed by atoms with Crippen molar-refractivity contribution in [2.45, 2.75) is 19.8 Å². The van der Waals surface area contributed by atoms with Crippen LogP contribution >= 0.6 is 0 Å². The molecular weight excluding hydrogens is 368 g/mol. The number of nitrogens with zero attached hydrogens (tertiary/aromatic N) is 4. The average molecular weight is 403 g/mol. The summed E-state index contributed by atoms with van der Waals surface area (Å²) >= 11 is 0. The van der Waals surface area contributed by atoms with Gasteiger partial charge in [0.25, 0.3) is 0 Å². The molecular formula is C22H34N4O3. The van der Waals surface area contributed by atoms with Gasteiger partial charge < -0.3 is 19.4 Å². The van der Waals surface area contributed by atoms with Crippen LogP contribution in [0.3, 0.4) is 0 Å². The first-order valence-electron chi connectivity index (χ1n) is 10.7. The number of rotatable bonds is 6. The normalized spacial score (nSPS) is 19.2. The highest BCUT2D eigenvalue weighted by Gasteiger charge is 2.28. The van der Waals surface area contributed by atoms with Gasteiger partial charge in [-0.2, -0.15) is 0 Å². The fourth-order valence-corrected chi connectivity index (χ4v) is 4.08. The summed E-state index contributed by atoms with van der Waals surface area (Å²) in [6.45, 7) is 8.28. The first-order chi connectivity index (χ1) is 14.0. The van der Waals surface area contributed by atoms with E-state index >= 15 is 0 Å². The summed E-state index contributed by atoms with van der Waals surface area (Å²) < 4.78 is 5.01. The summed E-state index contributed by atoms with van der Waals surface area (Å²) in [4.78, 5) is 33.2. The molecule has 2 heterocycles. The molecule has 29 heavy (non-hydrogen) atoms. The lowest BCUT2D eigenvalue weighted by Crippen LogP contribution is -2.44. The van der Waals surface area contributed by atoms with E-state index in [2.05, 4.69) is 33.9 Å². The van der Waals surface area contributed by atoms with E-state index in [1.165, 1.54) is 5.69 Å². The topological polar surface area (TPSA) is 56.3 Å². The highest BCUT2D eigenvalue weighted by atomic mass is 16.5. The number of esters is 1. The first-order valence-corrected chi connectivity index (χ1v) is 10.7. The molecule has 0 spiro atoms. The Morgan fingerprint density at radius 2 is 1.66 bits per heavy atom. The minimum Gasteiger partial charge on any atom is -0.465 e. The Labute approximate surface area is 174 Å². The van der Waals surface area contributed by atoms with Crippen LogP contribution in [0.4, 0.5) is 11.4 Å². The predicted molar refractivity (Wildman–Crippen MR) is 115 cm³/mol. The predicted octanol–water partition coefficient (Wildman–Crippen LogP) is 1.68. The van der Waals surface area contributed by atoms with E-state index in [1.54, 1.807) is 4.90 Å². The SMILES string of the molecule is CCOC(=O)CN1CCC(C(=O)N(C)c2ccc(N3CCN(C)CC3)cc2)CC1. The maximum absolute atomic E-state index is 13.0. The molecule has 2 aliphatic heterocycles. The van der Waals surface area contributed by atoms with Crippen LogP contribution in [0, 0.1) is 5.92 Å². The van der Waals surface area contributed by atoms with E-state index in [-0.39, 0.29) is 17.8 Å². The van der Waals surface area contributed by atoms with E-state index < -0.39 is 0 Å². The summed E-state index contributed by atoms with van der Waals surface area (Å²) in [7, 11) is 4.01. The van der Waals surface area contributed by atoms with E-state index in [4.69, 9.17) is 4.74 Å². The van der Waals surface area contributed by atoms with Crippen LogP contribution in [0.15, 0.2) is 24.3 Å². The highest BCUT2D eigenvalue weighted by Crippen LogP contribution is 2.25. The molecule has 7 nitrogen and oxygen atoms in total. The zero-order valence-corrected chi connectivity index (χ0v) is 18.0. The van der Waals surface area contributed by atoms with Crippen molar-refractivity contribution in [3.63, 3.8) is 0 Å². The number of ether oxygens (including phenoxy) is 1. The second kappa shape index (κ2) is 10.1. The maximum Gasteiger partial charge on any atom is 0.320 e. The van der Waals surface area contributed by atoms with Gasteiger partial charge in [0.2, 0.25) is 5.91 Å². The number of hydrogen-bond acceptors (Lipinski definition) is 6. The Bertz CT molecular complexity index is 678. The lowest BCUT2D eigenvalue weighted by atomic mass is 9.95. The molecule has 2 saturated heterocycles. The van der Waals surface area contributed by atoms with Crippen molar-refractivity contribution >= 4 is 23.3 Å². The Balaban J connectivity index is 1.50. The van der Waals surface area contributed by atoms with Crippen LogP contribution in [-0.4, -0.2) is 88.2 Å². The second-order valence-electron chi connectivity index (χ2n) is 8.06. The number of anilines is 2. The number of benzene rings is 1. The number of amides is 1. The van der Waals surface area contributed by atoms with Crippen molar-refractivity contribution in [2.24, 2.45) is 5.92 Å². The third kappa shape index (κ3) is 5.70. The average Bonchev–Trinajstić information content (AvgIpc) is 2.74. The van der Waals surface area contributed by atoms with Gasteiger partial charge in [0.1, 0.15) is 0 Å². The number of piperidine rings is 1. The molecule has 0 saturated carbocycles. The highest BCUT2D eigenvalue weighted by molar-refractivity contribution is 5.94. The van der Waals surface area contributed by atoms with Gasteiger partial charge in [-0.15, -0.1) is 0 Å². The molecule has 7 heteroatoms. The van der Waals surface area contributed by atoms with Crippen LogP contribution in [0.1, 0.15) is 19.8 Å². The van der Waals surface area contributed by atoms with Crippen LogP contribution in [-0.2, 0) is 14.3 Å². The lowest BCUT2D eigenvalue weighted by molar-refractivity contribution is -0.144. The van der Waals surface area contributed by atoms with Gasteiger partial charge in [-0.25, -0.2) is 0 Å². The quantitative estimate of drug-likeness (QED) is 0.675. The fraction of sp³-hybridized carbons (Fsp3) is 0.636. The maximum atomic E-state index is 13.0. The molecule has 0 aromatic heterocycles. The zero-order chi connectivity index (χ0) is 20.8. The largest absolute Gasteiger partial charge is 0.465 e. The van der Waals surface area contributed by atoms with E-state index in [1.807, 2.05) is 26.1 Å². The van der Waals surface area contributed by atoms with Gasteiger partial charge in [-0.1, -0.05) is 0 Å². The van der Waals surface area contributed by atoms with Crippen LogP contribution in [0.5, 0.6) is 0 Å². The summed E-state index contributed by atoms with van der Waals surface area (Å²) in [5.41, 5.74) is 2.15. The molecule has 0 bridgehead atoms. The Morgan fingerprint density at radius 3 is 2.24 bits per heavy atom. The molecule has 3 rings (SSSR count).